The van der Waals surface area contributed by atoms with Crippen molar-refractivity contribution >= 4 is 17.7 Å². The fourth-order valence-corrected chi connectivity index (χ4v) is 6.08. The summed E-state index contributed by atoms with van der Waals surface area (Å²) in [5.74, 6) is 0.0156. The van der Waals surface area contributed by atoms with Crippen molar-refractivity contribution in [2.24, 2.45) is 23.7 Å². The van der Waals surface area contributed by atoms with Crippen LogP contribution in [0.2, 0.25) is 0 Å². The fraction of sp³-hybridized carbons (Fsp3) is 0.900. The summed E-state index contributed by atoms with van der Waals surface area (Å²) in [6.45, 7) is 16.9. The van der Waals surface area contributed by atoms with Gasteiger partial charge in [-0.25, -0.2) is 0 Å². The molecule has 0 aliphatic carbocycles. The van der Waals surface area contributed by atoms with Gasteiger partial charge in [-0.05, 0) is 43.6 Å². The van der Waals surface area contributed by atoms with Crippen LogP contribution < -0.4 is 10.6 Å². The van der Waals surface area contributed by atoms with Crippen LogP contribution in [0.15, 0.2) is 0 Å². The molecule has 7 atom stereocenters. The van der Waals surface area contributed by atoms with Gasteiger partial charge in [0.25, 0.3) is 0 Å². The molecule has 39 heavy (non-hydrogen) atoms. The predicted molar refractivity (Wildman–Crippen MR) is 156 cm³/mol. The average molecular weight is 555 g/mol. The number of likely N-dealkylation sites (tertiary alicyclic amines) is 1. The molecule has 9 nitrogen and oxygen atoms in total. The molecule has 1 rings (SSSR count). The van der Waals surface area contributed by atoms with Crippen molar-refractivity contribution in [1.82, 2.24) is 20.4 Å². The molecule has 0 aromatic carbocycles. The highest BCUT2D eigenvalue weighted by molar-refractivity contribution is 5.90. The summed E-state index contributed by atoms with van der Waals surface area (Å²) in [6.07, 6.45) is 2.37. The van der Waals surface area contributed by atoms with E-state index in [2.05, 4.69) is 38.3 Å². The summed E-state index contributed by atoms with van der Waals surface area (Å²) in [4.78, 5) is 44.3. The molecular weight excluding hydrogens is 496 g/mol. The van der Waals surface area contributed by atoms with E-state index in [1.165, 1.54) is 0 Å². The Bertz CT molecular complexity index is 774. The van der Waals surface area contributed by atoms with Crippen molar-refractivity contribution in [3.8, 4) is 0 Å². The molecule has 1 fully saturated rings. The first-order valence-electron chi connectivity index (χ1n) is 14.9. The van der Waals surface area contributed by atoms with E-state index in [4.69, 9.17) is 9.47 Å². The maximum Gasteiger partial charge on any atom is 0.245 e. The lowest BCUT2D eigenvalue weighted by Crippen LogP contribution is -2.59. The fourth-order valence-electron chi connectivity index (χ4n) is 6.08. The van der Waals surface area contributed by atoms with Crippen LogP contribution >= 0.6 is 0 Å². The average Bonchev–Trinajstić information content (AvgIpc) is 3.35. The normalized spacial score (nSPS) is 20.6. The molecule has 0 radical (unpaired) electrons. The minimum atomic E-state index is -0.687. The van der Waals surface area contributed by atoms with Gasteiger partial charge in [-0.1, -0.05) is 61.8 Å². The van der Waals surface area contributed by atoms with E-state index < -0.39 is 18.2 Å². The monoisotopic (exact) mass is 554 g/mol. The minimum Gasteiger partial charge on any atom is -0.379 e. The number of rotatable bonds is 16. The van der Waals surface area contributed by atoms with Crippen LogP contribution in [0, 0.1) is 23.7 Å². The summed E-state index contributed by atoms with van der Waals surface area (Å²) in [6, 6.07) is -1.37. The first-order valence-corrected chi connectivity index (χ1v) is 14.9. The van der Waals surface area contributed by atoms with E-state index in [0.29, 0.717) is 12.5 Å². The van der Waals surface area contributed by atoms with Crippen molar-refractivity contribution in [2.45, 2.75) is 117 Å². The number of nitrogens with one attached hydrogen (secondary N) is 2. The smallest absolute Gasteiger partial charge is 0.245 e. The van der Waals surface area contributed by atoms with Gasteiger partial charge in [0.2, 0.25) is 17.7 Å². The van der Waals surface area contributed by atoms with Crippen molar-refractivity contribution in [2.75, 3.05) is 34.9 Å². The van der Waals surface area contributed by atoms with Crippen molar-refractivity contribution in [3.05, 3.63) is 0 Å². The number of hydrogen-bond acceptors (Lipinski definition) is 6. The molecule has 0 bridgehead atoms. The number of likely N-dealkylation sites (N-methyl/N-ethyl adjacent to an activating group) is 2. The third kappa shape index (κ3) is 9.15. The highest BCUT2D eigenvalue weighted by Gasteiger charge is 2.41. The van der Waals surface area contributed by atoms with E-state index in [-0.39, 0.29) is 60.1 Å². The van der Waals surface area contributed by atoms with Gasteiger partial charge < -0.3 is 29.9 Å². The van der Waals surface area contributed by atoms with Crippen molar-refractivity contribution in [1.29, 1.82) is 0 Å². The van der Waals surface area contributed by atoms with E-state index in [9.17, 15) is 14.4 Å². The van der Waals surface area contributed by atoms with Gasteiger partial charge in [0, 0.05) is 27.8 Å². The van der Waals surface area contributed by atoms with Gasteiger partial charge in [-0.2, -0.15) is 0 Å². The second kappa shape index (κ2) is 16.5. The molecule has 228 valence electrons. The molecular formula is C30H58N4O5. The Morgan fingerprint density at radius 2 is 1.54 bits per heavy atom. The van der Waals surface area contributed by atoms with Crippen LogP contribution in [0.5, 0.6) is 0 Å². The SMILES string of the molecule is CCC(C)C(C(CC(=O)N1CCCC1C(OC)C(C)C)OC)N(C)C(=O)C(NC(=O)C(NC)C(C)C)C(C)C. The Kier molecular flexibility index (Phi) is 15.0. The number of carbonyl (C=O) groups is 3. The molecule has 1 aliphatic heterocycles. The first-order chi connectivity index (χ1) is 18.3. The Morgan fingerprint density at radius 3 is 1.97 bits per heavy atom. The number of hydrogen-bond donors (Lipinski definition) is 2. The van der Waals surface area contributed by atoms with Gasteiger partial charge in [0.1, 0.15) is 6.04 Å². The lowest BCUT2D eigenvalue weighted by atomic mass is 9.89. The summed E-state index contributed by atoms with van der Waals surface area (Å²) < 4.78 is 11.7. The van der Waals surface area contributed by atoms with Gasteiger partial charge in [-0.15, -0.1) is 0 Å². The molecule has 9 heteroatoms. The third-order valence-electron chi connectivity index (χ3n) is 8.50. The summed E-state index contributed by atoms with van der Waals surface area (Å²) in [5, 5.41) is 6.05. The largest absolute Gasteiger partial charge is 0.379 e. The summed E-state index contributed by atoms with van der Waals surface area (Å²) >= 11 is 0. The van der Waals surface area contributed by atoms with Crippen molar-refractivity contribution < 1.29 is 23.9 Å². The number of carbonyl (C=O) groups excluding carboxylic acids is 3. The third-order valence-corrected chi connectivity index (χ3v) is 8.50. The molecule has 0 aromatic heterocycles. The first kappa shape index (κ1) is 35.3. The highest BCUT2D eigenvalue weighted by Crippen LogP contribution is 2.29. The maximum absolute atomic E-state index is 13.9. The standard InChI is InChI=1S/C30H58N4O5/c1-13-21(8)27(33(10)30(37)26(19(4)5)32-29(36)25(31-9)18(2)3)23(38-11)17-24(35)34-16-14-15-22(34)28(39-12)20(6)7/h18-23,25-28,31H,13-17H2,1-12H3,(H,32,36). The second-order valence-electron chi connectivity index (χ2n) is 12.3. The number of ether oxygens (including phenoxy) is 2. The minimum absolute atomic E-state index is 0.0188. The maximum atomic E-state index is 13.9. The van der Waals surface area contributed by atoms with Crippen LogP contribution in [0.1, 0.15) is 81.1 Å². The Balaban J connectivity index is 3.20. The second-order valence-corrected chi connectivity index (χ2v) is 12.3. The van der Waals surface area contributed by atoms with Gasteiger partial charge in [0.05, 0.1) is 36.8 Å². The predicted octanol–water partition coefficient (Wildman–Crippen LogP) is 3.31. The van der Waals surface area contributed by atoms with Gasteiger partial charge >= 0.3 is 0 Å². The summed E-state index contributed by atoms with van der Waals surface area (Å²) in [7, 11) is 6.85. The zero-order valence-corrected chi connectivity index (χ0v) is 26.7. The topological polar surface area (TPSA) is 100 Å². The molecule has 3 amide bonds. The van der Waals surface area contributed by atoms with Gasteiger partial charge in [0.15, 0.2) is 0 Å². The van der Waals surface area contributed by atoms with Crippen LogP contribution in [-0.4, -0.2) is 98.8 Å². The zero-order valence-electron chi connectivity index (χ0n) is 26.7. The molecule has 1 saturated heterocycles. The molecule has 0 saturated carbocycles. The van der Waals surface area contributed by atoms with E-state index in [1.54, 1.807) is 33.2 Å². The van der Waals surface area contributed by atoms with Crippen molar-refractivity contribution in [3.63, 3.8) is 0 Å². The molecule has 0 spiro atoms. The van der Waals surface area contributed by atoms with Gasteiger partial charge in [-0.3, -0.25) is 14.4 Å². The van der Waals surface area contributed by atoms with E-state index in [0.717, 1.165) is 19.3 Å². The number of methoxy groups -OCH3 is 2. The lowest BCUT2D eigenvalue weighted by Gasteiger charge is -2.41. The van der Waals surface area contributed by atoms with Crippen LogP contribution in [0.25, 0.3) is 0 Å². The number of nitrogens with zero attached hydrogens (tertiary/aromatic N) is 2. The Hall–Kier alpha value is -1.71. The van der Waals surface area contributed by atoms with E-state index >= 15 is 0 Å². The van der Waals surface area contributed by atoms with E-state index in [1.807, 2.05) is 32.6 Å². The molecule has 2 N–H and O–H groups in total. The molecule has 7 unspecified atom stereocenters. The zero-order chi connectivity index (χ0) is 30.0. The quantitative estimate of drug-likeness (QED) is 0.304. The Morgan fingerprint density at radius 1 is 0.949 bits per heavy atom. The molecule has 1 heterocycles. The van der Waals surface area contributed by atoms with Crippen LogP contribution in [-0.2, 0) is 23.9 Å². The Labute approximate surface area is 238 Å². The van der Waals surface area contributed by atoms with Crippen LogP contribution in [0.3, 0.4) is 0 Å². The number of amides is 3. The van der Waals surface area contributed by atoms with Crippen LogP contribution in [0.4, 0.5) is 0 Å². The highest BCUT2D eigenvalue weighted by atomic mass is 16.5. The molecule has 1 aliphatic rings. The summed E-state index contributed by atoms with van der Waals surface area (Å²) in [5.41, 5.74) is 0. The lowest BCUT2D eigenvalue weighted by molar-refractivity contribution is -0.147. The molecule has 0 aromatic rings.